The number of halogens is 1. The molecule has 0 spiro atoms. The Morgan fingerprint density at radius 1 is 1.13 bits per heavy atom. The zero-order valence-corrected chi connectivity index (χ0v) is 18.9. The molecule has 0 fully saturated rings. The Morgan fingerprint density at radius 3 is 2.77 bits per heavy atom. The summed E-state index contributed by atoms with van der Waals surface area (Å²) in [6.45, 7) is 2.71. The van der Waals surface area contributed by atoms with E-state index in [1.807, 2.05) is 31.2 Å². The summed E-state index contributed by atoms with van der Waals surface area (Å²) in [5.41, 5.74) is 2.59. The highest BCUT2D eigenvalue weighted by atomic mass is 79.9. The minimum atomic E-state index is -0.132. The summed E-state index contributed by atoms with van der Waals surface area (Å²) >= 11 is 4.79. The molecule has 0 saturated carbocycles. The first-order valence-electron chi connectivity index (χ1n) is 9.27. The summed E-state index contributed by atoms with van der Waals surface area (Å²) in [6.07, 6.45) is 1.77. The van der Waals surface area contributed by atoms with Crippen LogP contribution in [-0.2, 0) is 17.0 Å². The van der Waals surface area contributed by atoms with E-state index in [9.17, 15) is 9.59 Å². The lowest BCUT2D eigenvalue weighted by atomic mass is 10.2. The Bertz CT molecular complexity index is 1370. The van der Waals surface area contributed by atoms with Gasteiger partial charge in [0.15, 0.2) is 5.16 Å². The number of hydrogen-bond acceptors (Lipinski definition) is 6. The molecule has 7 nitrogen and oxygen atoms in total. The number of aryl methyl sites for hydroxylation is 1. The van der Waals surface area contributed by atoms with Gasteiger partial charge in [-0.25, -0.2) is 9.97 Å². The molecule has 0 aliphatic rings. The van der Waals surface area contributed by atoms with Crippen molar-refractivity contribution < 1.29 is 4.74 Å². The normalized spacial score (nSPS) is 11.4. The molecular weight excluding hydrogens is 468 g/mol. The molecule has 0 atom stereocenters. The average molecular weight is 487 g/mol. The van der Waals surface area contributed by atoms with Gasteiger partial charge in [-0.15, -0.1) is 0 Å². The van der Waals surface area contributed by atoms with E-state index in [2.05, 4.69) is 25.9 Å². The zero-order chi connectivity index (χ0) is 21.3. The van der Waals surface area contributed by atoms with Crippen molar-refractivity contribution in [1.29, 1.82) is 0 Å². The Kier molecular flexibility index (Phi) is 6.03. The molecule has 4 rings (SSSR count). The molecule has 0 bridgehead atoms. The number of ether oxygens (including phenoxy) is 1. The van der Waals surface area contributed by atoms with E-state index in [0.29, 0.717) is 46.3 Å². The molecule has 30 heavy (non-hydrogen) atoms. The Balaban J connectivity index is 1.72. The maximum atomic E-state index is 13.0. The number of aromatic nitrogens is 4. The van der Waals surface area contributed by atoms with Crippen molar-refractivity contribution in [2.24, 2.45) is 0 Å². The number of thioether (sulfide) groups is 1. The molecule has 154 valence electrons. The van der Waals surface area contributed by atoms with Crippen molar-refractivity contribution >= 4 is 44.2 Å². The van der Waals surface area contributed by atoms with Gasteiger partial charge in [0.05, 0.1) is 29.7 Å². The van der Waals surface area contributed by atoms with Gasteiger partial charge in [-0.2, -0.15) is 0 Å². The third-order valence-corrected chi connectivity index (χ3v) is 6.11. The van der Waals surface area contributed by atoms with Gasteiger partial charge in [-0.1, -0.05) is 33.8 Å². The minimum absolute atomic E-state index is 0.122. The van der Waals surface area contributed by atoms with Crippen LogP contribution in [0.3, 0.4) is 0 Å². The Morgan fingerprint density at radius 2 is 1.97 bits per heavy atom. The highest BCUT2D eigenvalue weighted by Crippen LogP contribution is 2.23. The van der Waals surface area contributed by atoms with Gasteiger partial charge in [0.1, 0.15) is 5.65 Å². The smallest absolute Gasteiger partial charge is 0.262 e. The highest BCUT2D eigenvalue weighted by molar-refractivity contribution is 9.10. The molecular formula is C21H19BrN4O3S. The second-order valence-electron chi connectivity index (χ2n) is 6.81. The first kappa shape index (κ1) is 20.8. The van der Waals surface area contributed by atoms with Crippen LogP contribution in [0.4, 0.5) is 0 Å². The summed E-state index contributed by atoms with van der Waals surface area (Å²) in [7, 11) is 1.59. The first-order chi connectivity index (χ1) is 14.5. The summed E-state index contributed by atoms with van der Waals surface area (Å²) in [6, 6.07) is 10.7. The Labute approximate surface area is 184 Å². The van der Waals surface area contributed by atoms with E-state index in [0.717, 1.165) is 10.0 Å². The molecule has 4 aromatic rings. The van der Waals surface area contributed by atoms with E-state index < -0.39 is 0 Å². The SMILES string of the molecule is COCCn1c(SCc2cc(=O)n3cc(C)ccc3n2)nc2ccc(Br)cc2c1=O. The fraction of sp³-hybridized carbons (Fsp3) is 0.238. The van der Waals surface area contributed by atoms with Crippen LogP contribution in [0.15, 0.2) is 61.8 Å². The van der Waals surface area contributed by atoms with Crippen molar-refractivity contribution in [3.05, 3.63) is 79.0 Å². The maximum Gasteiger partial charge on any atom is 0.262 e. The van der Waals surface area contributed by atoms with E-state index in [1.54, 1.807) is 23.9 Å². The lowest BCUT2D eigenvalue weighted by molar-refractivity contribution is 0.183. The van der Waals surface area contributed by atoms with Crippen LogP contribution in [0, 0.1) is 6.92 Å². The largest absolute Gasteiger partial charge is 0.383 e. The predicted octanol–water partition coefficient (Wildman–Crippen LogP) is 3.41. The van der Waals surface area contributed by atoms with Crippen molar-refractivity contribution in [3.63, 3.8) is 0 Å². The molecule has 3 aromatic heterocycles. The number of fused-ring (bicyclic) bond motifs is 2. The van der Waals surface area contributed by atoms with Gasteiger partial charge < -0.3 is 4.74 Å². The fourth-order valence-electron chi connectivity index (χ4n) is 3.13. The third kappa shape index (κ3) is 4.19. The zero-order valence-electron chi connectivity index (χ0n) is 16.5. The number of methoxy groups -OCH3 is 1. The molecule has 0 radical (unpaired) electrons. The number of rotatable bonds is 6. The number of pyridine rings is 1. The maximum absolute atomic E-state index is 13.0. The van der Waals surface area contributed by atoms with Gasteiger partial charge in [-0.3, -0.25) is 18.6 Å². The summed E-state index contributed by atoms with van der Waals surface area (Å²) in [5.74, 6) is 0.418. The number of hydrogen-bond donors (Lipinski definition) is 0. The van der Waals surface area contributed by atoms with Crippen molar-refractivity contribution in [3.8, 4) is 0 Å². The molecule has 0 unspecified atom stereocenters. The molecule has 3 heterocycles. The molecule has 0 saturated heterocycles. The molecule has 0 aliphatic carbocycles. The monoisotopic (exact) mass is 486 g/mol. The molecule has 9 heteroatoms. The number of nitrogens with zero attached hydrogens (tertiary/aromatic N) is 4. The average Bonchev–Trinajstić information content (AvgIpc) is 2.73. The van der Waals surface area contributed by atoms with Gasteiger partial charge >= 0.3 is 0 Å². The topological polar surface area (TPSA) is 78.5 Å². The first-order valence-corrected chi connectivity index (χ1v) is 11.0. The second kappa shape index (κ2) is 8.71. The molecule has 0 N–H and O–H groups in total. The standard InChI is InChI=1S/C21H19BrN4O3S/c1-13-3-6-18-23-15(10-19(27)26(18)11-13)12-30-21-24-17-5-4-14(22)9-16(17)20(28)25(21)7-8-29-2/h3-6,9-11H,7-8,12H2,1-2H3. The van der Waals surface area contributed by atoms with Crippen molar-refractivity contribution in [2.75, 3.05) is 13.7 Å². The second-order valence-corrected chi connectivity index (χ2v) is 8.67. The van der Waals surface area contributed by atoms with Crippen molar-refractivity contribution in [1.82, 2.24) is 18.9 Å². The summed E-state index contributed by atoms with van der Waals surface area (Å²) in [5, 5.41) is 1.11. The lowest BCUT2D eigenvalue weighted by Crippen LogP contribution is -2.25. The summed E-state index contributed by atoms with van der Waals surface area (Å²) < 4.78 is 9.13. The summed E-state index contributed by atoms with van der Waals surface area (Å²) in [4.78, 5) is 34.8. The lowest BCUT2D eigenvalue weighted by Gasteiger charge is -2.13. The van der Waals surface area contributed by atoms with Crippen LogP contribution in [0.25, 0.3) is 16.6 Å². The van der Waals surface area contributed by atoms with E-state index in [-0.39, 0.29) is 11.1 Å². The van der Waals surface area contributed by atoms with E-state index >= 15 is 0 Å². The molecule has 0 aliphatic heterocycles. The van der Waals surface area contributed by atoms with Gasteiger partial charge in [0, 0.05) is 29.6 Å². The van der Waals surface area contributed by atoms with Crippen LogP contribution in [-0.4, -0.2) is 32.7 Å². The number of benzene rings is 1. The van der Waals surface area contributed by atoms with Crippen LogP contribution in [0.1, 0.15) is 11.3 Å². The van der Waals surface area contributed by atoms with Crippen LogP contribution in [0.2, 0.25) is 0 Å². The quantitative estimate of drug-likeness (QED) is 0.307. The van der Waals surface area contributed by atoms with E-state index in [4.69, 9.17) is 4.74 Å². The van der Waals surface area contributed by atoms with Gasteiger partial charge in [0.2, 0.25) is 0 Å². The van der Waals surface area contributed by atoms with Gasteiger partial charge in [0.25, 0.3) is 11.1 Å². The van der Waals surface area contributed by atoms with Crippen LogP contribution in [0.5, 0.6) is 0 Å². The molecule has 1 aromatic carbocycles. The van der Waals surface area contributed by atoms with Crippen LogP contribution >= 0.6 is 27.7 Å². The highest BCUT2D eigenvalue weighted by Gasteiger charge is 2.13. The fourth-order valence-corrected chi connectivity index (χ4v) is 4.41. The molecule has 0 amide bonds. The van der Waals surface area contributed by atoms with Crippen molar-refractivity contribution in [2.45, 2.75) is 24.4 Å². The third-order valence-electron chi connectivity index (χ3n) is 4.61. The Hall–Kier alpha value is -2.49. The van der Waals surface area contributed by atoms with E-state index in [1.165, 1.54) is 22.2 Å². The predicted molar refractivity (Wildman–Crippen MR) is 121 cm³/mol. The minimum Gasteiger partial charge on any atom is -0.383 e. The van der Waals surface area contributed by atoms with Crippen LogP contribution < -0.4 is 11.1 Å². The van der Waals surface area contributed by atoms with Gasteiger partial charge in [-0.05, 0) is 36.8 Å².